The molecular weight excluding hydrogens is 563 g/mol. The zero-order chi connectivity index (χ0) is 28.3. The summed E-state index contributed by atoms with van der Waals surface area (Å²) in [5, 5.41) is 11.9. The second kappa shape index (κ2) is 12.2. The molecule has 0 bridgehead atoms. The lowest BCUT2D eigenvalue weighted by Crippen LogP contribution is -2.29. The maximum Gasteiger partial charge on any atom is 0.350 e. The Bertz CT molecular complexity index is 1450. The minimum absolute atomic E-state index is 0.104. The van der Waals surface area contributed by atoms with E-state index < -0.39 is 23.7 Å². The summed E-state index contributed by atoms with van der Waals surface area (Å²) < 4.78 is 10.8. The highest BCUT2D eigenvalue weighted by Gasteiger charge is 2.48. The van der Waals surface area contributed by atoms with E-state index in [0.717, 1.165) is 29.1 Å². The molecule has 2 heterocycles. The van der Waals surface area contributed by atoms with E-state index in [4.69, 9.17) is 32.7 Å². The number of aliphatic hydroxyl groups excluding tert-OH is 1. The number of anilines is 1. The first-order valence-corrected chi connectivity index (χ1v) is 13.9. The van der Waals surface area contributed by atoms with Crippen molar-refractivity contribution in [1.29, 1.82) is 0 Å². The molecule has 0 aliphatic carbocycles. The Labute approximate surface area is 239 Å². The van der Waals surface area contributed by atoms with Gasteiger partial charge in [0.25, 0.3) is 5.78 Å². The SMILES string of the molecule is CCCCOc1ccc(C(O)=C2C(=O)C(=O)N(c3nc(C)c(C(=O)OCC)s3)[C@H]2c2ccc(Cl)c(Cl)c2)cc1. The van der Waals surface area contributed by atoms with E-state index in [9.17, 15) is 19.5 Å². The summed E-state index contributed by atoms with van der Waals surface area (Å²) >= 11 is 13.3. The van der Waals surface area contributed by atoms with Crippen LogP contribution >= 0.6 is 34.5 Å². The molecule has 0 radical (unpaired) electrons. The Hall–Kier alpha value is -3.40. The quantitative estimate of drug-likeness (QED) is 0.0969. The Balaban J connectivity index is 1.83. The minimum Gasteiger partial charge on any atom is -0.507 e. The van der Waals surface area contributed by atoms with Crippen LogP contribution in [-0.4, -0.2) is 41.0 Å². The number of carbonyl (C=O) groups excluding carboxylic acids is 3. The van der Waals surface area contributed by atoms with Crippen molar-refractivity contribution in [2.45, 2.75) is 39.7 Å². The number of hydrogen-bond donors (Lipinski definition) is 1. The van der Waals surface area contributed by atoms with E-state index in [1.807, 2.05) is 0 Å². The number of rotatable bonds is 9. The molecule has 8 nitrogen and oxygen atoms in total. The first-order chi connectivity index (χ1) is 18.7. The van der Waals surface area contributed by atoms with Crippen molar-refractivity contribution < 1.29 is 29.0 Å². The molecular formula is C28H26Cl2N2O6S. The molecule has 1 fully saturated rings. The van der Waals surface area contributed by atoms with Crippen molar-refractivity contribution in [2.24, 2.45) is 0 Å². The van der Waals surface area contributed by atoms with Gasteiger partial charge in [0.2, 0.25) is 0 Å². The van der Waals surface area contributed by atoms with Crippen molar-refractivity contribution in [3.8, 4) is 5.75 Å². The van der Waals surface area contributed by atoms with Crippen LogP contribution < -0.4 is 9.64 Å². The van der Waals surface area contributed by atoms with E-state index in [1.165, 1.54) is 6.07 Å². The molecule has 0 spiro atoms. The minimum atomic E-state index is -1.08. The second-order valence-electron chi connectivity index (χ2n) is 8.70. The highest BCUT2D eigenvalue weighted by atomic mass is 35.5. The monoisotopic (exact) mass is 588 g/mol. The third kappa shape index (κ3) is 5.80. The van der Waals surface area contributed by atoms with Gasteiger partial charge >= 0.3 is 11.9 Å². The van der Waals surface area contributed by atoms with Gasteiger partial charge in [0.15, 0.2) is 5.13 Å². The number of thiazole rings is 1. The highest BCUT2D eigenvalue weighted by Crippen LogP contribution is 2.45. The van der Waals surface area contributed by atoms with Gasteiger partial charge in [0.05, 0.1) is 40.6 Å². The second-order valence-corrected chi connectivity index (χ2v) is 10.5. The summed E-state index contributed by atoms with van der Waals surface area (Å²) in [4.78, 5) is 45.0. The van der Waals surface area contributed by atoms with Crippen molar-refractivity contribution in [2.75, 3.05) is 18.1 Å². The number of ether oxygens (including phenoxy) is 2. The number of aliphatic hydroxyl groups is 1. The van der Waals surface area contributed by atoms with Gasteiger partial charge in [0.1, 0.15) is 16.4 Å². The maximum absolute atomic E-state index is 13.4. The van der Waals surface area contributed by atoms with Crippen molar-refractivity contribution >= 4 is 63.1 Å². The summed E-state index contributed by atoms with van der Waals surface area (Å²) in [6.07, 6.45) is 1.90. The van der Waals surface area contributed by atoms with E-state index in [2.05, 4.69) is 11.9 Å². The third-order valence-electron chi connectivity index (χ3n) is 6.05. The topological polar surface area (TPSA) is 106 Å². The van der Waals surface area contributed by atoms with Gasteiger partial charge in [-0.2, -0.15) is 0 Å². The number of benzene rings is 2. The van der Waals surface area contributed by atoms with Crippen LogP contribution in [0.2, 0.25) is 10.0 Å². The number of aryl methyl sites for hydroxylation is 1. The molecule has 3 aromatic rings. The molecule has 2 aromatic carbocycles. The number of unbranched alkanes of at least 4 members (excludes halogenated alkanes) is 1. The lowest BCUT2D eigenvalue weighted by molar-refractivity contribution is -0.132. The van der Waals surface area contributed by atoms with Crippen LogP contribution in [0, 0.1) is 6.92 Å². The third-order valence-corrected chi connectivity index (χ3v) is 7.93. The molecule has 1 aliphatic heterocycles. The number of esters is 1. The van der Waals surface area contributed by atoms with Crippen LogP contribution in [0.4, 0.5) is 5.13 Å². The molecule has 11 heteroatoms. The number of halogens is 2. The van der Waals surface area contributed by atoms with Crippen LogP contribution in [0.3, 0.4) is 0 Å². The van der Waals surface area contributed by atoms with E-state index in [0.29, 0.717) is 29.2 Å². The average molecular weight is 589 g/mol. The number of amides is 1. The molecule has 39 heavy (non-hydrogen) atoms. The molecule has 1 aliphatic rings. The maximum atomic E-state index is 13.4. The fourth-order valence-electron chi connectivity index (χ4n) is 4.10. The van der Waals surface area contributed by atoms with Gasteiger partial charge in [-0.25, -0.2) is 9.78 Å². The highest BCUT2D eigenvalue weighted by molar-refractivity contribution is 7.17. The molecule has 1 N–H and O–H groups in total. The molecule has 1 saturated heterocycles. The normalized spacial score (nSPS) is 16.5. The molecule has 0 saturated carbocycles. The van der Waals surface area contributed by atoms with Gasteiger partial charge in [-0.1, -0.05) is 53.9 Å². The number of nitrogens with zero attached hydrogens (tertiary/aromatic N) is 2. The van der Waals surface area contributed by atoms with Crippen LogP contribution in [0.25, 0.3) is 5.76 Å². The first-order valence-electron chi connectivity index (χ1n) is 12.3. The predicted molar refractivity (Wildman–Crippen MR) is 151 cm³/mol. The van der Waals surface area contributed by atoms with Crippen LogP contribution in [0.5, 0.6) is 5.75 Å². The fraction of sp³-hybridized carbons (Fsp3) is 0.286. The van der Waals surface area contributed by atoms with Gasteiger partial charge in [-0.05, 0) is 62.2 Å². The Kier molecular flexibility index (Phi) is 8.94. The van der Waals surface area contributed by atoms with Gasteiger partial charge in [-0.15, -0.1) is 0 Å². The van der Waals surface area contributed by atoms with E-state index in [-0.39, 0.29) is 38.0 Å². The predicted octanol–water partition coefficient (Wildman–Crippen LogP) is 6.74. The van der Waals surface area contributed by atoms with Crippen molar-refractivity contribution in [3.05, 3.63) is 79.8 Å². The summed E-state index contributed by atoms with van der Waals surface area (Å²) in [6.45, 7) is 6.09. The number of ketones is 1. The fourth-order valence-corrected chi connectivity index (χ4v) is 5.39. The van der Waals surface area contributed by atoms with Crippen LogP contribution in [0.15, 0.2) is 48.0 Å². The summed E-state index contributed by atoms with van der Waals surface area (Å²) in [7, 11) is 0. The lowest BCUT2D eigenvalue weighted by atomic mass is 9.95. The lowest BCUT2D eigenvalue weighted by Gasteiger charge is -2.23. The van der Waals surface area contributed by atoms with Crippen LogP contribution in [0.1, 0.15) is 59.2 Å². The molecule has 204 valence electrons. The van der Waals surface area contributed by atoms with E-state index >= 15 is 0 Å². The zero-order valence-electron chi connectivity index (χ0n) is 21.5. The largest absolute Gasteiger partial charge is 0.507 e. The first kappa shape index (κ1) is 28.6. The molecule has 1 atom stereocenters. The number of aromatic nitrogens is 1. The van der Waals surface area contributed by atoms with Gasteiger partial charge < -0.3 is 14.6 Å². The van der Waals surface area contributed by atoms with Crippen LogP contribution in [-0.2, 0) is 14.3 Å². The smallest absolute Gasteiger partial charge is 0.350 e. The number of carbonyl (C=O) groups is 3. The number of Topliss-reactive ketones (excluding diaryl/α,β-unsaturated/α-hetero) is 1. The molecule has 1 aromatic heterocycles. The zero-order valence-corrected chi connectivity index (χ0v) is 23.8. The summed E-state index contributed by atoms with van der Waals surface area (Å²) in [6, 6.07) is 10.2. The Morgan fingerprint density at radius 2 is 1.82 bits per heavy atom. The average Bonchev–Trinajstić information content (AvgIpc) is 3.42. The Morgan fingerprint density at radius 3 is 2.46 bits per heavy atom. The Morgan fingerprint density at radius 1 is 1.10 bits per heavy atom. The summed E-state index contributed by atoms with van der Waals surface area (Å²) in [5.74, 6) is -2.14. The number of hydrogen-bond acceptors (Lipinski definition) is 8. The standard InChI is InChI=1S/C28H26Cl2N2O6S/c1-4-6-13-38-18-10-7-16(8-11-18)23(33)21-22(17-9-12-19(29)20(30)14-17)32(26(35)24(21)34)28-31-15(3)25(39-28)27(36)37-5-2/h7-12,14,22,33H,4-6,13H2,1-3H3/t22-/m0/s1. The molecule has 1 amide bonds. The molecule has 4 rings (SSSR count). The molecule has 0 unspecified atom stereocenters. The van der Waals surface area contributed by atoms with E-state index in [1.54, 1.807) is 50.2 Å². The summed E-state index contributed by atoms with van der Waals surface area (Å²) in [5.41, 5.74) is 0.948. The van der Waals surface area contributed by atoms with Gasteiger partial charge in [0, 0.05) is 5.56 Å². The van der Waals surface area contributed by atoms with Crippen molar-refractivity contribution in [1.82, 2.24) is 4.98 Å². The van der Waals surface area contributed by atoms with Crippen molar-refractivity contribution in [3.63, 3.8) is 0 Å². The van der Waals surface area contributed by atoms with Gasteiger partial charge in [-0.3, -0.25) is 14.5 Å².